The predicted octanol–water partition coefficient (Wildman–Crippen LogP) is 3.78. The Bertz CT molecular complexity index is 115. The summed E-state index contributed by atoms with van der Waals surface area (Å²) in [5, 5.41) is 0. The van der Waals surface area contributed by atoms with Gasteiger partial charge in [-0.3, -0.25) is 0 Å². The second-order valence-corrected chi connectivity index (χ2v) is 3.76. The normalized spacial score (nSPS) is 28.5. The van der Waals surface area contributed by atoms with Crippen LogP contribution in [0.15, 0.2) is 12.7 Å². The fourth-order valence-corrected chi connectivity index (χ4v) is 1.82. The Hall–Kier alpha value is -0.260. The first-order valence-electron chi connectivity index (χ1n) is 4.99. The molecule has 0 radical (unpaired) electrons. The molecule has 0 aromatic rings. The van der Waals surface area contributed by atoms with Gasteiger partial charge in [-0.25, -0.2) is 0 Å². The van der Waals surface area contributed by atoms with Gasteiger partial charge in [0.25, 0.3) is 0 Å². The van der Waals surface area contributed by atoms with E-state index in [4.69, 9.17) is 0 Å². The van der Waals surface area contributed by atoms with Crippen molar-refractivity contribution >= 4 is 0 Å². The van der Waals surface area contributed by atoms with Crippen molar-refractivity contribution in [3.8, 4) is 0 Å². The third-order valence-corrected chi connectivity index (χ3v) is 2.74. The molecule has 11 heavy (non-hydrogen) atoms. The van der Waals surface area contributed by atoms with Crippen LogP contribution in [0.3, 0.4) is 0 Å². The summed E-state index contributed by atoms with van der Waals surface area (Å²) < 4.78 is 0. The molecule has 0 saturated heterocycles. The van der Waals surface area contributed by atoms with Crippen LogP contribution in [0.4, 0.5) is 0 Å². The maximum absolute atomic E-state index is 3.75. The average molecular weight is 152 g/mol. The highest BCUT2D eigenvalue weighted by Crippen LogP contribution is 2.45. The van der Waals surface area contributed by atoms with Gasteiger partial charge in [-0.15, -0.1) is 6.58 Å². The molecule has 0 bridgehead atoms. The molecule has 64 valence electrons. The molecule has 0 nitrogen and oxygen atoms in total. The van der Waals surface area contributed by atoms with E-state index in [9.17, 15) is 0 Å². The first kappa shape index (κ1) is 8.83. The van der Waals surface area contributed by atoms with Gasteiger partial charge < -0.3 is 0 Å². The first-order valence-corrected chi connectivity index (χ1v) is 4.99. The molecule has 0 aliphatic heterocycles. The molecule has 2 atom stereocenters. The van der Waals surface area contributed by atoms with Gasteiger partial charge in [-0.1, -0.05) is 32.3 Å². The lowest BCUT2D eigenvalue weighted by atomic mass is 10.1. The highest BCUT2D eigenvalue weighted by molar-refractivity contribution is 4.87. The molecule has 0 aromatic heterocycles. The number of hydrogen-bond donors (Lipinski definition) is 0. The van der Waals surface area contributed by atoms with E-state index in [2.05, 4.69) is 19.6 Å². The zero-order valence-electron chi connectivity index (χ0n) is 7.68. The smallest absolute Gasteiger partial charge is 0.0351 e. The van der Waals surface area contributed by atoms with Crippen molar-refractivity contribution in [3.05, 3.63) is 12.7 Å². The van der Waals surface area contributed by atoms with Crippen LogP contribution in [0.5, 0.6) is 0 Å². The molecule has 0 heterocycles. The zero-order chi connectivity index (χ0) is 8.10. The van der Waals surface area contributed by atoms with Crippen molar-refractivity contribution in [1.82, 2.24) is 0 Å². The number of allylic oxidation sites excluding steroid dienone is 1. The predicted molar refractivity (Wildman–Crippen MR) is 50.6 cm³/mol. The van der Waals surface area contributed by atoms with E-state index < -0.39 is 0 Å². The minimum atomic E-state index is 1.07. The van der Waals surface area contributed by atoms with E-state index in [1.54, 1.807) is 0 Å². The molecule has 0 aromatic carbocycles. The van der Waals surface area contributed by atoms with Crippen LogP contribution in [0.25, 0.3) is 0 Å². The van der Waals surface area contributed by atoms with Gasteiger partial charge in [0.05, 0.1) is 0 Å². The molecule has 0 unspecified atom stereocenters. The van der Waals surface area contributed by atoms with Crippen molar-refractivity contribution in [2.45, 2.75) is 45.4 Å². The van der Waals surface area contributed by atoms with E-state index in [1.807, 2.05) is 0 Å². The molecule has 1 aliphatic rings. The maximum atomic E-state index is 3.75. The summed E-state index contributed by atoms with van der Waals surface area (Å²) in [4.78, 5) is 0. The Morgan fingerprint density at radius 2 is 2.09 bits per heavy atom. The fourth-order valence-electron chi connectivity index (χ4n) is 1.82. The summed E-state index contributed by atoms with van der Waals surface area (Å²) in [5.41, 5.74) is 0. The Morgan fingerprint density at radius 3 is 2.73 bits per heavy atom. The Kier molecular flexibility index (Phi) is 3.68. The summed E-state index contributed by atoms with van der Waals surface area (Å²) in [7, 11) is 0. The molecule has 1 fully saturated rings. The lowest BCUT2D eigenvalue weighted by Gasteiger charge is -1.95. The van der Waals surface area contributed by atoms with E-state index in [1.165, 1.54) is 38.5 Å². The molecule has 1 saturated carbocycles. The fraction of sp³-hybridized carbons (Fsp3) is 0.818. The van der Waals surface area contributed by atoms with Gasteiger partial charge in [0.2, 0.25) is 0 Å². The van der Waals surface area contributed by atoms with Crippen LogP contribution in [0, 0.1) is 11.8 Å². The van der Waals surface area contributed by atoms with Crippen molar-refractivity contribution in [3.63, 3.8) is 0 Å². The Balaban J connectivity index is 1.93. The zero-order valence-corrected chi connectivity index (χ0v) is 7.68. The van der Waals surface area contributed by atoms with Crippen LogP contribution < -0.4 is 0 Å². The standard InChI is InChI=1S/C11H20/c1-3-5-7-10-9-11(10)8-6-4-2/h3,10-11H,1,4-9H2,2H3/t10-,11+/m0/s1. The van der Waals surface area contributed by atoms with Crippen LogP contribution in [-0.4, -0.2) is 0 Å². The molecule has 0 N–H and O–H groups in total. The van der Waals surface area contributed by atoms with Gasteiger partial charge in [0.15, 0.2) is 0 Å². The van der Waals surface area contributed by atoms with E-state index in [0.29, 0.717) is 0 Å². The van der Waals surface area contributed by atoms with Crippen molar-refractivity contribution in [1.29, 1.82) is 0 Å². The summed E-state index contributed by atoms with van der Waals surface area (Å²) in [6, 6.07) is 0. The molecule has 0 heteroatoms. The summed E-state index contributed by atoms with van der Waals surface area (Å²) >= 11 is 0. The van der Waals surface area contributed by atoms with Crippen molar-refractivity contribution in [2.24, 2.45) is 11.8 Å². The topological polar surface area (TPSA) is 0 Å². The monoisotopic (exact) mass is 152 g/mol. The minimum absolute atomic E-state index is 1.07. The number of unbranched alkanes of at least 4 members (excludes halogenated alkanes) is 1. The van der Waals surface area contributed by atoms with Gasteiger partial charge in [-0.05, 0) is 31.1 Å². The second kappa shape index (κ2) is 4.58. The van der Waals surface area contributed by atoms with E-state index in [-0.39, 0.29) is 0 Å². The molecule has 0 spiro atoms. The molecule has 1 rings (SSSR count). The first-order chi connectivity index (χ1) is 5.38. The van der Waals surface area contributed by atoms with Gasteiger partial charge in [-0.2, -0.15) is 0 Å². The average Bonchev–Trinajstić information content (AvgIpc) is 2.76. The lowest BCUT2D eigenvalue weighted by molar-refractivity contribution is 0.582. The summed E-state index contributed by atoms with van der Waals surface area (Å²) in [6.45, 7) is 6.03. The molecular weight excluding hydrogens is 132 g/mol. The maximum Gasteiger partial charge on any atom is -0.0351 e. The third kappa shape index (κ3) is 3.09. The molecule has 0 amide bonds. The Labute approximate surface area is 70.7 Å². The van der Waals surface area contributed by atoms with Crippen LogP contribution in [0.2, 0.25) is 0 Å². The highest BCUT2D eigenvalue weighted by atomic mass is 14.4. The van der Waals surface area contributed by atoms with Gasteiger partial charge >= 0.3 is 0 Å². The third-order valence-electron chi connectivity index (χ3n) is 2.74. The van der Waals surface area contributed by atoms with Crippen LogP contribution >= 0.6 is 0 Å². The SMILES string of the molecule is C=CCC[C@H]1C[C@H]1CCCC. The Morgan fingerprint density at radius 1 is 1.36 bits per heavy atom. The minimum Gasteiger partial charge on any atom is -0.103 e. The number of rotatable bonds is 6. The second-order valence-electron chi connectivity index (χ2n) is 3.76. The molecule has 1 aliphatic carbocycles. The number of hydrogen-bond acceptors (Lipinski definition) is 0. The van der Waals surface area contributed by atoms with E-state index in [0.717, 1.165) is 11.8 Å². The van der Waals surface area contributed by atoms with Gasteiger partial charge in [0, 0.05) is 0 Å². The summed E-state index contributed by atoms with van der Waals surface area (Å²) in [6.07, 6.45) is 10.5. The highest BCUT2D eigenvalue weighted by Gasteiger charge is 2.34. The summed E-state index contributed by atoms with van der Waals surface area (Å²) in [5.74, 6) is 2.16. The van der Waals surface area contributed by atoms with Crippen molar-refractivity contribution in [2.75, 3.05) is 0 Å². The largest absolute Gasteiger partial charge is 0.103 e. The van der Waals surface area contributed by atoms with Crippen LogP contribution in [-0.2, 0) is 0 Å². The van der Waals surface area contributed by atoms with Gasteiger partial charge in [0.1, 0.15) is 0 Å². The quantitative estimate of drug-likeness (QED) is 0.508. The lowest BCUT2D eigenvalue weighted by Crippen LogP contribution is -1.82. The van der Waals surface area contributed by atoms with Crippen molar-refractivity contribution < 1.29 is 0 Å². The van der Waals surface area contributed by atoms with Crippen LogP contribution in [0.1, 0.15) is 45.4 Å². The molecular formula is C11H20. The van der Waals surface area contributed by atoms with E-state index >= 15 is 0 Å².